The maximum atomic E-state index is 13.2. The van der Waals surface area contributed by atoms with Crippen molar-refractivity contribution in [2.75, 3.05) is 26.3 Å². The summed E-state index contributed by atoms with van der Waals surface area (Å²) < 4.78 is 33.9. The van der Waals surface area contributed by atoms with Crippen LogP contribution in [0.3, 0.4) is 0 Å². The average molecular weight is 481 g/mol. The van der Waals surface area contributed by atoms with Crippen LogP contribution in [-0.2, 0) is 21.2 Å². The molecule has 1 N–H and O–H groups in total. The van der Waals surface area contributed by atoms with Gasteiger partial charge in [-0.3, -0.25) is 4.79 Å². The highest BCUT2D eigenvalue weighted by Gasteiger charge is 2.29. The number of amides is 1. The number of nitrogens with zero attached hydrogens (tertiary/aromatic N) is 1. The first-order valence-corrected chi connectivity index (χ1v) is 11.8. The van der Waals surface area contributed by atoms with E-state index < -0.39 is 10.0 Å². The van der Waals surface area contributed by atoms with Gasteiger partial charge in [0.1, 0.15) is 0 Å². The molecule has 0 aliphatic carbocycles. The average Bonchev–Trinajstić information content (AvgIpc) is 2.74. The molecule has 1 aliphatic heterocycles. The van der Waals surface area contributed by atoms with Gasteiger partial charge in [-0.05, 0) is 42.7 Å². The van der Waals surface area contributed by atoms with Crippen molar-refractivity contribution in [1.82, 2.24) is 9.62 Å². The van der Waals surface area contributed by atoms with Crippen molar-refractivity contribution < 1.29 is 17.9 Å². The molecule has 0 spiro atoms. The lowest BCUT2D eigenvalue weighted by Crippen LogP contribution is -2.41. The van der Waals surface area contributed by atoms with E-state index in [1.807, 2.05) is 38.1 Å². The fourth-order valence-corrected chi connectivity index (χ4v) is 5.69. The van der Waals surface area contributed by atoms with Crippen LogP contribution in [0, 0.1) is 0 Å². The second kappa shape index (κ2) is 9.38. The van der Waals surface area contributed by atoms with Crippen LogP contribution in [0.5, 0.6) is 0 Å². The van der Waals surface area contributed by atoms with Crippen molar-refractivity contribution in [3.05, 3.63) is 63.6 Å². The Morgan fingerprint density at radius 3 is 2.55 bits per heavy atom. The van der Waals surface area contributed by atoms with Gasteiger partial charge in [0, 0.05) is 23.1 Å². The Hall–Kier alpha value is -1.74. The zero-order valence-corrected chi connectivity index (χ0v) is 18.9. The van der Waals surface area contributed by atoms with Crippen molar-refractivity contribution in [1.29, 1.82) is 0 Å². The summed E-state index contributed by atoms with van der Waals surface area (Å²) in [6.45, 7) is 5.20. The number of hydrogen-bond acceptors (Lipinski definition) is 4. The zero-order valence-electron chi connectivity index (χ0n) is 16.5. The maximum Gasteiger partial charge on any atom is 0.251 e. The smallest absolute Gasteiger partial charge is 0.251 e. The predicted molar refractivity (Wildman–Crippen MR) is 115 cm³/mol. The molecule has 1 atom stereocenters. The fourth-order valence-electron chi connectivity index (χ4n) is 3.34. The van der Waals surface area contributed by atoms with E-state index in [2.05, 4.69) is 21.2 Å². The normalized spacial score (nSPS) is 16.4. The lowest BCUT2D eigenvalue weighted by Gasteiger charge is -2.27. The van der Waals surface area contributed by atoms with Crippen LogP contribution in [0.4, 0.5) is 0 Å². The number of benzene rings is 2. The van der Waals surface area contributed by atoms with Gasteiger partial charge in [0.05, 0.1) is 24.2 Å². The number of nitrogens with one attached hydrogen (secondary N) is 1. The molecule has 29 heavy (non-hydrogen) atoms. The van der Waals surface area contributed by atoms with E-state index in [4.69, 9.17) is 4.74 Å². The van der Waals surface area contributed by atoms with Crippen LogP contribution >= 0.6 is 15.9 Å². The lowest BCUT2D eigenvalue weighted by molar-refractivity contribution is 0.0730. The molecule has 1 fully saturated rings. The Morgan fingerprint density at radius 1 is 1.21 bits per heavy atom. The van der Waals surface area contributed by atoms with Gasteiger partial charge in [-0.1, -0.05) is 47.1 Å². The van der Waals surface area contributed by atoms with Gasteiger partial charge >= 0.3 is 0 Å². The first-order chi connectivity index (χ1) is 13.8. The highest BCUT2D eigenvalue weighted by atomic mass is 79.9. The first kappa shape index (κ1) is 22.0. The van der Waals surface area contributed by atoms with Crippen molar-refractivity contribution in [3.63, 3.8) is 0 Å². The van der Waals surface area contributed by atoms with E-state index in [0.717, 1.165) is 10.0 Å². The SMILES string of the molecule is CCc1ccc(C(=O)NC(C)c2ccccc2Br)cc1S(=O)(=O)N1CCOCC1. The van der Waals surface area contributed by atoms with Crippen LogP contribution in [0.2, 0.25) is 0 Å². The van der Waals surface area contributed by atoms with E-state index >= 15 is 0 Å². The molecule has 8 heteroatoms. The molecule has 0 saturated carbocycles. The third-order valence-electron chi connectivity index (χ3n) is 5.02. The molecular weight excluding hydrogens is 456 g/mol. The first-order valence-electron chi connectivity index (χ1n) is 9.60. The summed E-state index contributed by atoms with van der Waals surface area (Å²) in [6.07, 6.45) is 0.564. The minimum Gasteiger partial charge on any atom is -0.379 e. The van der Waals surface area contributed by atoms with E-state index in [0.29, 0.717) is 43.9 Å². The second-order valence-corrected chi connectivity index (χ2v) is 9.67. The van der Waals surface area contributed by atoms with E-state index in [1.165, 1.54) is 10.4 Å². The van der Waals surface area contributed by atoms with Crippen molar-refractivity contribution in [2.24, 2.45) is 0 Å². The number of carbonyl (C=O) groups is 1. The number of aryl methyl sites for hydroxylation is 1. The third kappa shape index (κ3) is 4.88. The molecule has 1 heterocycles. The maximum absolute atomic E-state index is 13.2. The van der Waals surface area contributed by atoms with E-state index in [1.54, 1.807) is 12.1 Å². The molecule has 0 aromatic heterocycles. The topological polar surface area (TPSA) is 75.7 Å². The number of halogens is 1. The van der Waals surface area contributed by atoms with Crippen LogP contribution < -0.4 is 5.32 Å². The second-order valence-electron chi connectivity index (χ2n) is 6.91. The number of ether oxygens (including phenoxy) is 1. The number of hydrogen-bond donors (Lipinski definition) is 1. The molecule has 0 radical (unpaired) electrons. The molecule has 156 valence electrons. The van der Waals surface area contributed by atoms with Gasteiger partial charge in [-0.15, -0.1) is 0 Å². The van der Waals surface area contributed by atoms with Crippen LogP contribution in [-0.4, -0.2) is 44.9 Å². The minimum absolute atomic E-state index is 0.197. The van der Waals surface area contributed by atoms with Gasteiger partial charge in [0.25, 0.3) is 5.91 Å². The molecule has 2 aromatic carbocycles. The summed E-state index contributed by atoms with van der Waals surface area (Å²) in [6, 6.07) is 12.3. The van der Waals surface area contributed by atoms with Gasteiger partial charge in [0.2, 0.25) is 10.0 Å². The summed E-state index contributed by atoms with van der Waals surface area (Å²) >= 11 is 3.50. The van der Waals surface area contributed by atoms with Crippen molar-refractivity contribution in [2.45, 2.75) is 31.2 Å². The van der Waals surface area contributed by atoms with Gasteiger partial charge in [-0.25, -0.2) is 8.42 Å². The predicted octanol–water partition coefficient (Wildman–Crippen LogP) is 3.52. The van der Waals surface area contributed by atoms with Crippen LogP contribution in [0.15, 0.2) is 51.8 Å². The quantitative estimate of drug-likeness (QED) is 0.685. The highest BCUT2D eigenvalue weighted by Crippen LogP contribution is 2.25. The monoisotopic (exact) mass is 480 g/mol. The lowest BCUT2D eigenvalue weighted by atomic mass is 10.1. The molecule has 0 bridgehead atoms. The number of rotatable bonds is 6. The molecule has 1 unspecified atom stereocenters. The summed E-state index contributed by atoms with van der Waals surface area (Å²) in [7, 11) is -3.68. The Balaban J connectivity index is 1.88. The Bertz CT molecular complexity index is 988. The van der Waals surface area contributed by atoms with Crippen molar-refractivity contribution >= 4 is 31.9 Å². The number of sulfonamides is 1. The summed E-state index contributed by atoms with van der Waals surface area (Å²) in [5.74, 6) is -0.311. The Labute approximate surface area is 180 Å². The summed E-state index contributed by atoms with van der Waals surface area (Å²) in [4.78, 5) is 13.0. The van der Waals surface area contributed by atoms with Gasteiger partial charge in [0.15, 0.2) is 0 Å². The zero-order chi connectivity index (χ0) is 21.0. The largest absolute Gasteiger partial charge is 0.379 e. The Kier molecular flexibility index (Phi) is 7.10. The Morgan fingerprint density at radius 2 is 1.90 bits per heavy atom. The molecule has 1 aliphatic rings. The van der Waals surface area contributed by atoms with Gasteiger partial charge < -0.3 is 10.1 Å². The van der Waals surface area contributed by atoms with E-state index in [-0.39, 0.29) is 16.8 Å². The molecule has 6 nitrogen and oxygen atoms in total. The molecule has 2 aromatic rings. The van der Waals surface area contributed by atoms with Crippen molar-refractivity contribution in [3.8, 4) is 0 Å². The number of morpholine rings is 1. The van der Waals surface area contributed by atoms with Crippen LogP contribution in [0.1, 0.15) is 41.4 Å². The van der Waals surface area contributed by atoms with Crippen LogP contribution in [0.25, 0.3) is 0 Å². The molecular formula is C21H25BrN2O4S. The number of carbonyl (C=O) groups excluding carboxylic acids is 1. The summed E-state index contributed by atoms with van der Waals surface area (Å²) in [5.41, 5.74) is 1.98. The van der Waals surface area contributed by atoms with Gasteiger partial charge in [-0.2, -0.15) is 4.31 Å². The molecule has 3 rings (SSSR count). The third-order valence-corrected chi connectivity index (χ3v) is 7.72. The molecule has 1 saturated heterocycles. The van der Waals surface area contributed by atoms with E-state index in [9.17, 15) is 13.2 Å². The highest BCUT2D eigenvalue weighted by molar-refractivity contribution is 9.10. The molecule has 1 amide bonds. The minimum atomic E-state index is -3.68. The standard InChI is InChI=1S/C21H25BrN2O4S/c1-3-16-8-9-17(14-20(16)29(26,27)24-10-12-28-13-11-24)21(25)23-15(2)18-6-4-5-7-19(18)22/h4-9,14-15H,3,10-13H2,1-2H3,(H,23,25). The fraction of sp³-hybridized carbons (Fsp3) is 0.381. The summed E-state index contributed by atoms with van der Waals surface area (Å²) in [5, 5.41) is 2.95.